The minimum absolute atomic E-state index is 0.0570. The van der Waals surface area contributed by atoms with Gasteiger partial charge in [-0.2, -0.15) is 0 Å². The van der Waals surface area contributed by atoms with Crippen molar-refractivity contribution in [3.05, 3.63) is 34.4 Å². The van der Waals surface area contributed by atoms with E-state index in [-0.39, 0.29) is 16.9 Å². The molecule has 84 valence electrons. The first-order valence-corrected chi connectivity index (χ1v) is 5.92. The zero-order chi connectivity index (χ0) is 11.3. The molecule has 2 saturated carbocycles. The van der Waals surface area contributed by atoms with Crippen molar-refractivity contribution in [3.63, 3.8) is 0 Å². The van der Waals surface area contributed by atoms with Crippen molar-refractivity contribution in [2.75, 3.05) is 0 Å². The Labute approximate surface area is 99.2 Å². The van der Waals surface area contributed by atoms with Crippen LogP contribution in [-0.2, 0) is 5.41 Å². The third-order valence-corrected chi connectivity index (χ3v) is 4.14. The number of halogens is 1. The van der Waals surface area contributed by atoms with Crippen LogP contribution in [0.15, 0.2) is 28.8 Å². The van der Waals surface area contributed by atoms with E-state index in [9.17, 15) is 10.2 Å². The summed E-state index contributed by atoms with van der Waals surface area (Å²) in [6.07, 6.45) is 4.31. The van der Waals surface area contributed by atoms with E-state index in [0.717, 1.165) is 36.3 Å². The maximum absolute atomic E-state index is 9.52. The molecule has 2 fully saturated rings. The number of rotatable bonds is 2. The highest BCUT2D eigenvalue weighted by Gasteiger charge is 2.49. The molecule has 3 rings (SSSR count). The van der Waals surface area contributed by atoms with Crippen molar-refractivity contribution >= 4 is 11.6 Å². The van der Waals surface area contributed by atoms with Crippen LogP contribution in [0.3, 0.4) is 0 Å². The first-order chi connectivity index (χ1) is 7.63. The number of aromatic hydroxyl groups is 2. The molecule has 3 heteroatoms. The Bertz CT molecular complexity index is 481. The van der Waals surface area contributed by atoms with Gasteiger partial charge in [0.1, 0.15) is 0 Å². The lowest BCUT2D eigenvalue weighted by Crippen LogP contribution is -2.06. The molecule has 0 saturated heterocycles. The van der Waals surface area contributed by atoms with Crippen LogP contribution < -0.4 is 0 Å². The van der Waals surface area contributed by atoms with E-state index in [1.54, 1.807) is 6.07 Å². The fraction of sp³-hybridized carbons (Fsp3) is 0.385. The van der Waals surface area contributed by atoms with Crippen LogP contribution in [0.1, 0.15) is 31.2 Å². The van der Waals surface area contributed by atoms with Crippen molar-refractivity contribution in [3.8, 4) is 11.5 Å². The van der Waals surface area contributed by atoms with Crippen molar-refractivity contribution in [2.45, 2.75) is 31.1 Å². The molecule has 0 bridgehead atoms. The van der Waals surface area contributed by atoms with Gasteiger partial charge in [0, 0.05) is 10.4 Å². The molecule has 1 aromatic carbocycles. The van der Waals surface area contributed by atoms with Crippen molar-refractivity contribution < 1.29 is 10.2 Å². The molecule has 0 atom stereocenters. The molecule has 1 aromatic rings. The van der Waals surface area contributed by atoms with Crippen LogP contribution in [0.5, 0.6) is 11.5 Å². The average molecular weight is 237 g/mol. The third-order valence-electron chi connectivity index (χ3n) is 3.51. The Hall–Kier alpha value is -1.15. The second-order valence-electron chi connectivity index (χ2n) is 4.70. The number of hydrogen-bond donors (Lipinski definition) is 2. The lowest BCUT2D eigenvalue weighted by atomic mass is 9.94. The van der Waals surface area contributed by atoms with E-state index in [0.29, 0.717) is 0 Å². The van der Waals surface area contributed by atoms with Gasteiger partial charge in [-0.1, -0.05) is 23.2 Å². The Kier molecular flexibility index (Phi) is 1.99. The van der Waals surface area contributed by atoms with Gasteiger partial charge in [0.2, 0.25) is 0 Å². The Morgan fingerprint density at radius 3 is 2.31 bits per heavy atom. The van der Waals surface area contributed by atoms with Gasteiger partial charge in [0.05, 0.1) is 0 Å². The summed E-state index contributed by atoms with van der Waals surface area (Å²) in [5.41, 5.74) is 2.32. The van der Waals surface area contributed by atoms with Crippen LogP contribution in [0.4, 0.5) is 0 Å². The average Bonchev–Trinajstić information content (AvgIpc) is 3.16. The van der Waals surface area contributed by atoms with Gasteiger partial charge in [0.25, 0.3) is 0 Å². The molecule has 0 amide bonds. The van der Waals surface area contributed by atoms with E-state index in [4.69, 9.17) is 11.6 Å². The summed E-state index contributed by atoms with van der Waals surface area (Å²) in [6, 6.07) is 5.02. The molecule has 0 unspecified atom stereocenters. The number of hydrogen-bond acceptors (Lipinski definition) is 2. The molecule has 0 heterocycles. The maximum atomic E-state index is 9.52. The SMILES string of the molecule is Oc1ccc(C2(C(Cl)=C3CC3)CC2)cc1O. The quantitative estimate of drug-likeness (QED) is 0.773. The molecular formula is C13H13ClO2. The number of benzene rings is 1. The fourth-order valence-electron chi connectivity index (χ4n) is 2.20. The maximum Gasteiger partial charge on any atom is 0.157 e. The highest BCUT2D eigenvalue weighted by molar-refractivity contribution is 6.31. The topological polar surface area (TPSA) is 40.5 Å². The highest BCUT2D eigenvalue weighted by atomic mass is 35.5. The monoisotopic (exact) mass is 236 g/mol. The van der Waals surface area contributed by atoms with Crippen LogP contribution in [0, 0.1) is 0 Å². The van der Waals surface area contributed by atoms with E-state index in [2.05, 4.69) is 0 Å². The molecule has 0 spiro atoms. The zero-order valence-electron chi connectivity index (χ0n) is 8.83. The summed E-state index contributed by atoms with van der Waals surface area (Å²) in [4.78, 5) is 0. The largest absolute Gasteiger partial charge is 0.504 e. The molecule has 0 radical (unpaired) electrons. The summed E-state index contributed by atoms with van der Waals surface area (Å²) in [5, 5.41) is 19.8. The predicted molar refractivity (Wildman–Crippen MR) is 62.8 cm³/mol. The molecule has 2 aliphatic rings. The molecular weight excluding hydrogens is 224 g/mol. The summed E-state index contributed by atoms with van der Waals surface area (Å²) >= 11 is 6.39. The number of allylic oxidation sites excluding steroid dienone is 2. The second kappa shape index (κ2) is 3.17. The molecule has 2 aliphatic carbocycles. The van der Waals surface area contributed by atoms with Gasteiger partial charge in [-0.05, 0) is 43.4 Å². The molecule has 0 aliphatic heterocycles. The van der Waals surface area contributed by atoms with E-state index in [1.165, 1.54) is 11.6 Å². The van der Waals surface area contributed by atoms with Crippen molar-refractivity contribution in [1.29, 1.82) is 0 Å². The normalized spacial score (nSPS) is 20.7. The molecule has 2 nitrogen and oxygen atoms in total. The van der Waals surface area contributed by atoms with Gasteiger partial charge < -0.3 is 10.2 Å². The molecule has 2 N–H and O–H groups in total. The lowest BCUT2D eigenvalue weighted by Gasteiger charge is -2.15. The Morgan fingerprint density at radius 1 is 1.12 bits per heavy atom. The number of phenols is 2. The Balaban J connectivity index is 2.03. The van der Waals surface area contributed by atoms with Gasteiger partial charge in [-0.15, -0.1) is 0 Å². The van der Waals surface area contributed by atoms with Gasteiger partial charge in [-0.25, -0.2) is 0 Å². The molecule has 16 heavy (non-hydrogen) atoms. The highest BCUT2D eigenvalue weighted by Crippen LogP contribution is 2.59. The van der Waals surface area contributed by atoms with Gasteiger partial charge in [0.15, 0.2) is 11.5 Å². The summed E-state index contributed by atoms with van der Waals surface area (Å²) in [6.45, 7) is 0. The van der Waals surface area contributed by atoms with Gasteiger partial charge >= 0.3 is 0 Å². The second-order valence-corrected chi connectivity index (χ2v) is 5.08. The van der Waals surface area contributed by atoms with E-state index in [1.807, 2.05) is 6.07 Å². The summed E-state index contributed by atoms with van der Waals surface area (Å²) in [7, 11) is 0. The zero-order valence-corrected chi connectivity index (χ0v) is 9.59. The Morgan fingerprint density at radius 2 is 1.81 bits per heavy atom. The standard InChI is InChI=1S/C13H13ClO2/c14-12(8-1-2-8)13(5-6-13)9-3-4-10(15)11(16)7-9/h3-4,7,15-16H,1-2,5-6H2. The predicted octanol–water partition coefficient (Wildman–Crippen LogP) is 3.42. The van der Waals surface area contributed by atoms with Crippen molar-refractivity contribution in [2.24, 2.45) is 0 Å². The smallest absolute Gasteiger partial charge is 0.157 e. The number of phenolic OH excluding ortho intramolecular Hbond substituents is 2. The third kappa shape index (κ3) is 1.40. The first kappa shape index (κ1) is 10.0. The van der Waals surface area contributed by atoms with Crippen LogP contribution >= 0.6 is 11.6 Å². The van der Waals surface area contributed by atoms with Crippen LogP contribution in [0.2, 0.25) is 0 Å². The van der Waals surface area contributed by atoms with E-state index < -0.39 is 0 Å². The first-order valence-electron chi connectivity index (χ1n) is 5.54. The summed E-state index contributed by atoms with van der Waals surface area (Å²) in [5.74, 6) is -0.135. The van der Waals surface area contributed by atoms with Crippen LogP contribution in [0.25, 0.3) is 0 Å². The minimum atomic E-state index is -0.0743. The van der Waals surface area contributed by atoms with E-state index >= 15 is 0 Å². The van der Waals surface area contributed by atoms with Crippen LogP contribution in [-0.4, -0.2) is 10.2 Å². The lowest BCUT2D eigenvalue weighted by molar-refractivity contribution is 0.403. The fourth-order valence-corrected chi connectivity index (χ4v) is 2.69. The van der Waals surface area contributed by atoms with Gasteiger partial charge in [-0.3, -0.25) is 0 Å². The van der Waals surface area contributed by atoms with Crippen molar-refractivity contribution in [1.82, 2.24) is 0 Å². The molecule has 0 aromatic heterocycles. The minimum Gasteiger partial charge on any atom is -0.504 e. The summed E-state index contributed by atoms with van der Waals surface area (Å²) < 4.78 is 0.